The number of unbranched alkanes of at least 4 members (excludes halogenated alkanes) is 9. The lowest BCUT2D eigenvalue weighted by molar-refractivity contribution is 0.136. The summed E-state index contributed by atoms with van der Waals surface area (Å²) in [7, 11) is 0. The van der Waals surface area contributed by atoms with Crippen LogP contribution in [0.4, 0.5) is 0 Å². The lowest BCUT2D eigenvalue weighted by Gasteiger charge is -2.24. The first-order valence-electron chi connectivity index (χ1n) is 7.99. The van der Waals surface area contributed by atoms with E-state index in [9.17, 15) is 5.11 Å². The molecule has 0 fully saturated rings. The van der Waals surface area contributed by atoms with E-state index in [1.54, 1.807) is 0 Å². The van der Waals surface area contributed by atoms with E-state index in [0.29, 0.717) is 6.54 Å². The summed E-state index contributed by atoms with van der Waals surface area (Å²) in [4.78, 5) is 0. The second-order valence-electron chi connectivity index (χ2n) is 6.10. The van der Waals surface area contributed by atoms with Gasteiger partial charge in [-0.1, -0.05) is 78.1 Å². The van der Waals surface area contributed by atoms with Crippen molar-refractivity contribution in [1.82, 2.24) is 0 Å². The highest BCUT2D eigenvalue weighted by Gasteiger charge is 2.20. The van der Waals surface area contributed by atoms with Crippen LogP contribution in [-0.2, 0) is 0 Å². The molecule has 0 saturated carbocycles. The topological polar surface area (TPSA) is 46.2 Å². The first kappa shape index (κ1) is 17.9. The van der Waals surface area contributed by atoms with Gasteiger partial charge in [-0.2, -0.15) is 0 Å². The number of nitrogens with two attached hydrogens (primary N) is 1. The number of aliphatic hydroxyl groups is 1. The summed E-state index contributed by atoms with van der Waals surface area (Å²) in [5.41, 5.74) is 5.64. The minimum absolute atomic E-state index is 0.0415. The fourth-order valence-electron chi connectivity index (χ4n) is 2.28. The molecule has 0 amide bonds. The standard InChI is InChI=1S/C16H35NO/c1-3-4-5-6-7-8-9-10-11-12-13-16(2,14-17)15-18/h18H,3-15,17H2,1-2H3. The van der Waals surface area contributed by atoms with Crippen molar-refractivity contribution in [2.24, 2.45) is 11.1 Å². The first-order chi connectivity index (χ1) is 8.68. The molecule has 0 aliphatic heterocycles. The van der Waals surface area contributed by atoms with Crippen molar-refractivity contribution in [2.45, 2.75) is 84.5 Å². The van der Waals surface area contributed by atoms with Gasteiger partial charge in [-0.3, -0.25) is 0 Å². The van der Waals surface area contributed by atoms with Gasteiger partial charge in [-0.25, -0.2) is 0 Å². The van der Waals surface area contributed by atoms with Crippen molar-refractivity contribution >= 4 is 0 Å². The molecule has 0 rings (SSSR count). The first-order valence-corrected chi connectivity index (χ1v) is 7.99. The second-order valence-corrected chi connectivity index (χ2v) is 6.10. The molecule has 0 radical (unpaired) electrons. The minimum atomic E-state index is -0.0415. The van der Waals surface area contributed by atoms with Crippen molar-refractivity contribution in [3.63, 3.8) is 0 Å². The summed E-state index contributed by atoms with van der Waals surface area (Å²) < 4.78 is 0. The molecule has 0 aliphatic carbocycles. The van der Waals surface area contributed by atoms with Crippen molar-refractivity contribution in [3.8, 4) is 0 Å². The van der Waals surface area contributed by atoms with Gasteiger partial charge in [0.25, 0.3) is 0 Å². The fraction of sp³-hybridized carbons (Fsp3) is 1.00. The molecule has 0 heterocycles. The van der Waals surface area contributed by atoms with Crippen LogP contribution >= 0.6 is 0 Å². The molecular weight excluding hydrogens is 222 g/mol. The molecule has 1 atom stereocenters. The lowest BCUT2D eigenvalue weighted by Crippen LogP contribution is -2.30. The van der Waals surface area contributed by atoms with Crippen LogP contribution in [0.25, 0.3) is 0 Å². The number of hydrogen-bond acceptors (Lipinski definition) is 2. The van der Waals surface area contributed by atoms with E-state index >= 15 is 0 Å². The second kappa shape index (κ2) is 12.0. The largest absolute Gasteiger partial charge is 0.396 e. The zero-order chi connectivity index (χ0) is 13.7. The number of hydrogen-bond donors (Lipinski definition) is 2. The Morgan fingerprint density at radius 1 is 0.833 bits per heavy atom. The van der Waals surface area contributed by atoms with Crippen molar-refractivity contribution < 1.29 is 5.11 Å². The maximum absolute atomic E-state index is 9.25. The molecule has 2 nitrogen and oxygen atoms in total. The quantitative estimate of drug-likeness (QED) is 0.484. The Bertz CT molecular complexity index is 166. The average molecular weight is 257 g/mol. The molecule has 0 aromatic carbocycles. The molecular formula is C16H35NO. The van der Waals surface area contributed by atoms with Crippen LogP contribution in [0, 0.1) is 5.41 Å². The Morgan fingerprint density at radius 2 is 1.28 bits per heavy atom. The molecule has 0 saturated heterocycles. The smallest absolute Gasteiger partial charge is 0.0496 e. The molecule has 110 valence electrons. The van der Waals surface area contributed by atoms with Gasteiger partial charge >= 0.3 is 0 Å². The predicted octanol–water partition coefficient (Wildman–Crippen LogP) is 4.25. The van der Waals surface area contributed by atoms with Crippen LogP contribution in [-0.4, -0.2) is 18.3 Å². The Kier molecular flexibility index (Phi) is 11.9. The van der Waals surface area contributed by atoms with Gasteiger partial charge in [0.1, 0.15) is 0 Å². The molecule has 0 bridgehead atoms. The Labute approximate surface area is 114 Å². The van der Waals surface area contributed by atoms with Gasteiger partial charge in [0.15, 0.2) is 0 Å². The third-order valence-electron chi connectivity index (χ3n) is 4.01. The van der Waals surface area contributed by atoms with Crippen LogP contribution in [0.1, 0.15) is 84.5 Å². The van der Waals surface area contributed by atoms with E-state index in [0.717, 1.165) is 6.42 Å². The van der Waals surface area contributed by atoms with Crippen LogP contribution in [0.5, 0.6) is 0 Å². The summed E-state index contributed by atoms with van der Waals surface area (Å²) in [5.74, 6) is 0. The van der Waals surface area contributed by atoms with Crippen LogP contribution in [0.15, 0.2) is 0 Å². The minimum Gasteiger partial charge on any atom is -0.396 e. The summed E-state index contributed by atoms with van der Waals surface area (Å²) in [6.07, 6.45) is 14.7. The third kappa shape index (κ3) is 9.90. The van der Waals surface area contributed by atoms with Gasteiger partial charge in [-0.05, 0) is 13.0 Å². The molecule has 1 unspecified atom stereocenters. The van der Waals surface area contributed by atoms with Crippen molar-refractivity contribution in [2.75, 3.05) is 13.2 Å². The zero-order valence-corrected chi connectivity index (χ0v) is 12.7. The molecule has 0 aromatic heterocycles. The number of aliphatic hydroxyl groups excluding tert-OH is 1. The Hall–Kier alpha value is -0.0800. The monoisotopic (exact) mass is 257 g/mol. The highest BCUT2D eigenvalue weighted by atomic mass is 16.3. The molecule has 3 N–H and O–H groups in total. The predicted molar refractivity (Wildman–Crippen MR) is 80.7 cm³/mol. The van der Waals surface area contributed by atoms with E-state index in [4.69, 9.17) is 5.73 Å². The van der Waals surface area contributed by atoms with Crippen LogP contribution < -0.4 is 5.73 Å². The summed E-state index contributed by atoms with van der Waals surface area (Å²) in [5, 5.41) is 9.25. The normalized spacial score (nSPS) is 14.7. The number of rotatable bonds is 13. The lowest BCUT2D eigenvalue weighted by atomic mass is 9.85. The van der Waals surface area contributed by atoms with E-state index in [1.165, 1.54) is 64.2 Å². The van der Waals surface area contributed by atoms with E-state index in [-0.39, 0.29) is 12.0 Å². The fourth-order valence-corrected chi connectivity index (χ4v) is 2.28. The molecule has 0 aromatic rings. The third-order valence-corrected chi connectivity index (χ3v) is 4.01. The maximum atomic E-state index is 9.25. The van der Waals surface area contributed by atoms with E-state index in [2.05, 4.69) is 13.8 Å². The van der Waals surface area contributed by atoms with Crippen LogP contribution in [0.2, 0.25) is 0 Å². The maximum Gasteiger partial charge on any atom is 0.0496 e. The highest BCUT2D eigenvalue weighted by Crippen LogP contribution is 2.22. The SMILES string of the molecule is CCCCCCCCCCCCC(C)(CN)CO. The Morgan fingerprint density at radius 3 is 1.67 bits per heavy atom. The van der Waals surface area contributed by atoms with Gasteiger partial charge in [0.2, 0.25) is 0 Å². The summed E-state index contributed by atoms with van der Waals surface area (Å²) in [6.45, 7) is 5.17. The van der Waals surface area contributed by atoms with Crippen LogP contribution in [0.3, 0.4) is 0 Å². The van der Waals surface area contributed by atoms with Crippen molar-refractivity contribution in [1.29, 1.82) is 0 Å². The molecule has 2 heteroatoms. The zero-order valence-electron chi connectivity index (χ0n) is 12.7. The van der Waals surface area contributed by atoms with E-state index < -0.39 is 0 Å². The summed E-state index contributed by atoms with van der Waals surface area (Å²) >= 11 is 0. The molecule has 0 spiro atoms. The average Bonchev–Trinajstić information content (AvgIpc) is 2.40. The van der Waals surface area contributed by atoms with Gasteiger partial charge in [0, 0.05) is 12.0 Å². The molecule has 0 aliphatic rings. The van der Waals surface area contributed by atoms with Crippen molar-refractivity contribution in [3.05, 3.63) is 0 Å². The Balaban J connectivity index is 3.21. The van der Waals surface area contributed by atoms with Gasteiger partial charge in [0.05, 0.1) is 0 Å². The van der Waals surface area contributed by atoms with Gasteiger partial charge < -0.3 is 10.8 Å². The van der Waals surface area contributed by atoms with E-state index in [1.807, 2.05) is 0 Å². The van der Waals surface area contributed by atoms with Gasteiger partial charge in [-0.15, -0.1) is 0 Å². The highest BCUT2D eigenvalue weighted by molar-refractivity contribution is 4.73. The molecule has 18 heavy (non-hydrogen) atoms. The summed E-state index contributed by atoms with van der Waals surface area (Å²) in [6, 6.07) is 0.